The van der Waals surface area contributed by atoms with Gasteiger partial charge in [-0.05, 0) is 12.1 Å². The maximum Gasteiger partial charge on any atom is 0.356 e. The van der Waals surface area contributed by atoms with Crippen molar-refractivity contribution in [1.82, 2.24) is 9.71 Å². The minimum absolute atomic E-state index is 0.207. The summed E-state index contributed by atoms with van der Waals surface area (Å²) in [7, 11) is -3.84. The largest absolute Gasteiger partial charge is 0.476 e. The molecule has 0 saturated carbocycles. The fourth-order valence-electron chi connectivity index (χ4n) is 1.50. The van der Waals surface area contributed by atoms with Crippen LogP contribution in [0.1, 0.15) is 10.5 Å². The number of carbonyl (C=O) groups is 1. The molecule has 2 rings (SSSR count). The topological polar surface area (TPSA) is 96.4 Å². The monoisotopic (exact) mass is 344 g/mol. The Bertz CT molecular complexity index is 713. The van der Waals surface area contributed by atoms with E-state index in [2.05, 4.69) is 9.71 Å². The van der Waals surface area contributed by atoms with Crippen molar-refractivity contribution in [3.05, 3.63) is 41.5 Å². The molecule has 1 aromatic carbocycles. The first kappa shape index (κ1) is 16.0. The van der Waals surface area contributed by atoms with E-state index in [9.17, 15) is 13.2 Å². The van der Waals surface area contributed by atoms with Gasteiger partial charge in [0.05, 0.1) is 5.51 Å². The zero-order chi connectivity index (χ0) is 15.3. The maximum absolute atomic E-state index is 12.0. The van der Waals surface area contributed by atoms with E-state index in [4.69, 9.17) is 5.11 Å². The first-order chi connectivity index (χ1) is 10.0. The number of nitrogens with zero attached hydrogens (tertiary/aromatic N) is 1. The van der Waals surface area contributed by atoms with Crippen LogP contribution in [0.5, 0.6) is 0 Å². The minimum atomic E-state index is -3.84. The van der Waals surface area contributed by atoms with Gasteiger partial charge in [0.2, 0.25) is 0 Å². The normalized spacial score (nSPS) is 11.4. The van der Waals surface area contributed by atoms with Crippen LogP contribution in [0.25, 0.3) is 0 Å². The summed E-state index contributed by atoms with van der Waals surface area (Å²) >= 11 is 2.30. The van der Waals surface area contributed by atoms with Gasteiger partial charge in [0.1, 0.15) is 0 Å². The molecule has 0 radical (unpaired) electrons. The van der Waals surface area contributed by atoms with Crippen LogP contribution in [-0.4, -0.2) is 36.8 Å². The summed E-state index contributed by atoms with van der Waals surface area (Å²) in [6, 6.07) is 9.59. The van der Waals surface area contributed by atoms with Crippen LogP contribution < -0.4 is 4.72 Å². The van der Waals surface area contributed by atoms with Gasteiger partial charge in [-0.3, -0.25) is 0 Å². The molecule has 112 valence electrons. The third kappa shape index (κ3) is 4.27. The van der Waals surface area contributed by atoms with Crippen molar-refractivity contribution < 1.29 is 18.3 Å². The van der Waals surface area contributed by atoms with Crippen molar-refractivity contribution in [3.63, 3.8) is 0 Å². The molecule has 0 aliphatic carbocycles. The fraction of sp³-hybridized carbons (Fsp3) is 0.167. The number of rotatable bonds is 7. The second-order valence-corrected chi connectivity index (χ2v) is 7.84. The Morgan fingerprint density at radius 2 is 2.05 bits per heavy atom. The van der Waals surface area contributed by atoms with Gasteiger partial charge in [-0.2, -0.15) is 0 Å². The lowest BCUT2D eigenvalue weighted by Gasteiger charge is -2.05. The number of carboxylic acids is 1. The highest BCUT2D eigenvalue weighted by Crippen LogP contribution is 2.20. The number of nitrogens with one attached hydrogen (secondary N) is 1. The van der Waals surface area contributed by atoms with Crippen LogP contribution in [0.3, 0.4) is 0 Å². The van der Waals surface area contributed by atoms with Crippen molar-refractivity contribution in [2.24, 2.45) is 0 Å². The third-order valence-corrected chi connectivity index (χ3v) is 6.23. The molecule has 0 aliphatic heterocycles. The summed E-state index contributed by atoms with van der Waals surface area (Å²) in [6.07, 6.45) is 0. The summed E-state index contributed by atoms with van der Waals surface area (Å²) in [5.74, 6) is -0.806. The van der Waals surface area contributed by atoms with E-state index < -0.39 is 21.7 Å². The average molecular weight is 344 g/mol. The van der Waals surface area contributed by atoms with E-state index in [0.29, 0.717) is 5.75 Å². The quantitative estimate of drug-likeness (QED) is 0.588. The fourth-order valence-corrected chi connectivity index (χ4v) is 4.63. The number of aromatic carboxylic acids is 1. The van der Waals surface area contributed by atoms with Gasteiger partial charge in [-0.1, -0.05) is 18.2 Å². The molecule has 2 N–H and O–H groups in total. The number of thioether (sulfide) groups is 1. The summed E-state index contributed by atoms with van der Waals surface area (Å²) in [5, 5.41) is 8.89. The first-order valence-corrected chi connectivity index (χ1v) is 9.20. The highest BCUT2D eigenvalue weighted by atomic mass is 32.2. The standard InChI is InChI=1S/C12H12N2O4S3/c15-11(16)10-12(20-8-13-10)21(17,18)14-6-7-19-9-4-2-1-3-5-9/h1-5,8,14H,6-7H2,(H,15,16). The highest BCUT2D eigenvalue weighted by molar-refractivity contribution is 7.99. The summed E-state index contributed by atoms with van der Waals surface area (Å²) in [5.41, 5.74) is 0.764. The number of hydrogen-bond donors (Lipinski definition) is 2. The van der Waals surface area contributed by atoms with Gasteiger partial charge in [0, 0.05) is 17.2 Å². The number of aromatic nitrogens is 1. The summed E-state index contributed by atoms with van der Waals surface area (Å²) in [6.45, 7) is 0.207. The molecule has 1 aromatic heterocycles. The molecule has 0 unspecified atom stereocenters. The van der Waals surface area contributed by atoms with Gasteiger partial charge in [0.15, 0.2) is 9.90 Å². The van der Waals surface area contributed by atoms with Crippen LogP contribution >= 0.6 is 23.1 Å². The minimum Gasteiger partial charge on any atom is -0.476 e. The number of hydrogen-bond acceptors (Lipinski definition) is 6. The average Bonchev–Trinajstić information content (AvgIpc) is 2.95. The van der Waals surface area contributed by atoms with Crippen LogP contribution in [0.4, 0.5) is 0 Å². The zero-order valence-corrected chi connectivity index (χ0v) is 13.2. The molecule has 9 heteroatoms. The number of benzene rings is 1. The Morgan fingerprint density at radius 1 is 1.33 bits per heavy atom. The van der Waals surface area contributed by atoms with Crippen LogP contribution in [0, 0.1) is 0 Å². The lowest BCUT2D eigenvalue weighted by atomic mass is 10.4. The maximum atomic E-state index is 12.0. The van der Waals surface area contributed by atoms with Crippen LogP contribution in [-0.2, 0) is 10.0 Å². The summed E-state index contributed by atoms with van der Waals surface area (Å²) < 4.78 is 26.2. The van der Waals surface area contributed by atoms with Crippen LogP contribution in [0.2, 0.25) is 0 Å². The Hall–Kier alpha value is -1.42. The van der Waals surface area contributed by atoms with Gasteiger partial charge >= 0.3 is 5.97 Å². The highest BCUT2D eigenvalue weighted by Gasteiger charge is 2.25. The Balaban J connectivity index is 1.93. The predicted octanol–water partition coefficient (Wildman–Crippen LogP) is 1.91. The second-order valence-electron chi connectivity index (χ2n) is 3.85. The Labute approximate surface area is 130 Å². The van der Waals surface area contributed by atoms with E-state index in [0.717, 1.165) is 16.2 Å². The SMILES string of the molecule is O=C(O)c1ncsc1S(=O)(=O)NCCSc1ccccc1. The van der Waals surface area contributed by atoms with E-state index >= 15 is 0 Å². The Kier molecular flexibility index (Phi) is 5.34. The lowest BCUT2D eigenvalue weighted by Crippen LogP contribution is -2.26. The number of carboxylic acid groups (broad SMARTS) is 1. The third-order valence-electron chi connectivity index (χ3n) is 2.39. The molecule has 0 saturated heterocycles. The van der Waals surface area contributed by atoms with E-state index in [1.807, 2.05) is 30.3 Å². The molecule has 2 aromatic rings. The molecular formula is C12H12N2O4S3. The molecule has 0 atom stereocenters. The van der Waals surface area contributed by atoms with Crippen molar-refractivity contribution >= 4 is 39.1 Å². The van der Waals surface area contributed by atoms with Crippen molar-refractivity contribution in [2.45, 2.75) is 9.10 Å². The van der Waals surface area contributed by atoms with E-state index in [-0.39, 0.29) is 10.8 Å². The van der Waals surface area contributed by atoms with Gasteiger partial charge in [-0.15, -0.1) is 23.1 Å². The molecule has 0 fully saturated rings. The smallest absolute Gasteiger partial charge is 0.356 e. The van der Waals surface area contributed by atoms with Gasteiger partial charge in [0.25, 0.3) is 10.0 Å². The van der Waals surface area contributed by atoms with Gasteiger partial charge in [-0.25, -0.2) is 22.9 Å². The number of sulfonamides is 1. The van der Waals surface area contributed by atoms with Crippen LogP contribution in [0.15, 0.2) is 44.9 Å². The zero-order valence-electron chi connectivity index (χ0n) is 10.7. The Morgan fingerprint density at radius 3 is 2.71 bits per heavy atom. The molecule has 6 nitrogen and oxygen atoms in total. The van der Waals surface area contributed by atoms with Crippen molar-refractivity contribution in [3.8, 4) is 0 Å². The van der Waals surface area contributed by atoms with Crippen molar-refractivity contribution in [2.75, 3.05) is 12.3 Å². The van der Waals surface area contributed by atoms with Gasteiger partial charge < -0.3 is 5.11 Å². The molecular weight excluding hydrogens is 332 g/mol. The molecule has 0 aliphatic rings. The van der Waals surface area contributed by atoms with E-state index in [1.165, 1.54) is 17.3 Å². The van der Waals surface area contributed by atoms with E-state index in [1.54, 1.807) is 0 Å². The predicted molar refractivity (Wildman–Crippen MR) is 81.4 cm³/mol. The summed E-state index contributed by atoms with van der Waals surface area (Å²) in [4.78, 5) is 15.5. The molecule has 0 spiro atoms. The lowest BCUT2D eigenvalue weighted by molar-refractivity contribution is 0.0687. The second kappa shape index (κ2) is 7.03. The molecule has 0 amide bonds. The number of thiazole rings is 1. The molecule has 0 bridgehead atoms. The first-order valence-electron chi connectivity index (χ1n) is 5.85. The van der Waals surface area contributed by atoms with Crippen molar-refractivity contribution in [1.29, 1.82) is 0 Å². The molecule has 1 heterocycles. The molecule has 21 heavy (non-hydrogen) atoms.